The van der Waals surface area contributed by atoms with Crippen LogP contribution in [0.3, 0.4) is 0 Å². The van der Waals surface area contributed by atoms with Gasteiger partial charge in [-0.2, -0.15) is 0 Å². The van der Waals surface area contributed by atoms with E-state index in [0.717, 1.165) is 0 Å². The number of nitrogens with one attached hydrogen (secondary N) is 1. The van der Waals surface area contributed by atoms with E-state index in [9.17, 15) is 4.79 Å². The number of carbonyl (C=O) groups is 1. The zero-order chi connectivity index (χ0) is 17.4. The van der Waals surface area contributed by atoms with Crippen molar-refractivity contribution in [1.82, 2.24) is 5.32 Å². The minimum atomic E-state index is -0.234. The summed E-state index contributed by atoms with van der Waals surface area (Å²) >= 11 is 9.31. The fraction of sp³-hybridized carbons (Fsp3) is 0.167. The lowest BCUT2D eigenvalue weighted by molar-refractivity contribution is 0.0957. The van der Waals surface area contributed by atoms with Crippen LogP contribution in [-0.2, 0) is 0 Å². The number of ether oxygens (including phenoxy) is 2. The van der Waals surface area contributed by atoms with Crippen molar-refractivity contribution >= 4 is 33.4 Å². The maximum atomic E-state index is 12.1. The average molecular weight is 409 g/mol. The molecular formula is C18H15BrClNO3. The quantitative estimate of drug-likeness (QED) is 0.763. The van der Waals surface area contributed by atoms with Crippen molar-refractivity contribution in [3.8, 4) is 23.3 Å². The number of benzene rings is 2. The molecule has 0 saturated heterocycles. The molecule has 2 aromatic rings. The predicted molar refractivity (Wildman–Crippen MR) is 97.8 cm³/mol. The fourth-order valence-corrected chi connectivity index (χ4v) is 2.43. The van der Waals surface area contributed by atoms with E-state index in [-0.39, 0.29) is 19.1 Å². The molecule has 0 aliphatic rings. The van der Waals surface area contributed by atoms with E-state index >= 15 is 0 Å². The standard InChI is InChI=1S/C18H15BrClNO3/c1-23-13-8-9-15(19)14(12-13)18(22)21-10-4-5-11-24-17-7-3-2-6-16(17)20/h2-3,6-9,12H,10-11H2,1H3,(H,21,22). The minimum Gasteiger partial charge on any atom is -0.497 e. The van der Waals surface area contributed by atoms with Crippen LogP contribution < -0.4 is 14.8 Å². The number of para-hydroxylation sites is 1. The molecule has 0 aliphatic heterocycles. The van der Waals surface area contributed by atoms with Gasteiger partial charge in [0, 0.05) is 4.47 Å². The van der Waals surface area contributed by atoms with Crippen LogP contribution in [0.5, 0.6) is 11.5 Å². The van der Waals surface area contributed by atoms with Crippen molar-refractivity contribution in [2.45, 2.75) is 0 Å². The van der Waals surface area contributed by atoms with E-state index in [1.807, 2.05) is 12.1 Å². The smallest absolute Gasteiger partial charge is 0.253 e. The van der Waals surface area contributed by atoms with E-state index in [2.05, 4.69) is 33.1 Å². The third-order valence-electron chi connectivity index (χ3n) is 3.02. The third-order valence-corrected chi connectivity index (χ3v) is 4.02. The average Bonchev–Trinajstić information content (AvgIpc) is 2.59. The molecule has 4 nitrogen and oxygen atoms in total. The van der Waals surface area contributed by atoms with Gasteiger partial charge in [-0.1, -0.05) is 35.6 Å². The molecule has 24 heavy (non-hydrogen) atoms. The molecule has 1 N–H and O–H groups in total. The highest BCUT2D eigenvalue weighted by Crippen LogP contribution is 2.23. The van der Waals surface area contributed by atoms with Gasteiger partial charge < -0.3 is 14.8 Å². The molecule has 0 saturated carbocycles. The molecule has 2 aromatic carbocycles. The van der Waals surface area contributed by atoms with Crippen molar-refractivity contribution in [1.29, 1.82) is 0 Å². The lowest BCUT2D eigenvalue weighted by Gasteiger charge is -2.06. The van der Waals surface area contributed by atoms with Crippen LogP contribution in [0.2, 0.25) is 5.02 Å². The second-order valence-corrected chi connectivity index (χ2v) is 5.86. The number of hydrogen-bond donors (Lipinski definition) is 1. The molecule has 6 heteroatoms. The van der Waals surface area contributed by atoms with Gasteiger partial charge in [0.15, 0.2) is 0 Å². The van der Waals surface area contributed by atoms with E-state index in [4.69, 9.17) is 21.1 Å². The SMILES string of the molecule is COc1ccc(Br)c(C(=O)NCC#CCOc2ccccc2Cl)c1. The Balaban J connectivity index is 1.82. The summed E-state index contributed by atoms with van der Waals surface area (Å²) in [6.07, 6.45) is 0. The van der Waals surface area contributed by atoms with Crippen LogP contribution in [-0.4, -0.2) is 26.2 Å². The Morgan fingerprint density at radius 1 is 1.25 bits per heavy atom. The van der Waals surface area contributed by atoms with Crippen molar-refractivity contribution in [2.24, 2.45) is 0 Å². The van der Waals surface area contributed by atoms with Gasteiger partial charge in [-0.15, -0.1) is 0 Å². The van der Waals surface area contributed by atoms with Crippen molar-refractivity contribution < 1.29 is 14.3 Å². The van der Waals surface area contributed by atoms with Gasteiger partial charge in [-0.05, 0) is 46.3 Å². The first kappa shape index (κ1) is 18.2. The second kappa shape index (κ2) is 9.21. The summed E-state index contributed by atoms with van der Waals surface area (Å²) in [5, 5.41) is 3.26. The maximum absolute atomic E-state index is 12.1. The molecule has 124 valence electrons. The summed E-state index contributed by atoms with van der Waals surface area (Å²) in [7, 11) is 1.55. The second-order valence-electron chi connectivity index (χ2n) is 4.60. The van der Waals surface area contributed by atoms with Crippen LogP contribution in [0.15, 0.2) is 46.9 Å². The van der Waals surface area contributed by atoms with Gasteiger partial charge in [0.25, 0.3) is 5.91 Å². The summed E-state index contributed by atoms with van der Waals surface area (Å²) in [6, 6.07) is 12.4. The van der Waals surface area contributed by atoms with E-state index in [1.165, 1.54) is 0 Å². The molecule has 0 bridgehead atoms. The topological polar surface area (TPSA) is 47.6 Å². The number of hydrogen-bond acceptors (Lipinski definition) is 3. The van der Waals surface area contributed by atoms with Crippen LogP contribution in [0, 0.1) is 11.8 Å². The molecule has 0 atom stereocenters. The lowest BCUT2D eigenvalue weighted by Crippen LogP contribution is -2.24. The summed E-state index contributed by atoms with van der Waals surface area (Å²) < 4.78 is 11.2. The van der Waals surface area contributed by atoms with Crippen LogP contribution in [0.1, 0.15) is 10.4 Å². The molecule has 0 aromatic heterocycles. The molecular weight excluding hydrogens is 394 g/mol. The van der Waals surface area contributed by atoms with Crippen LogP contribution in [0.4, 0.5) is 0 Å². The number of halogens is 2. The van der Waals surface area contributed by atoms with Gasteiger partial charge in [-0.25, -0.2) is 0 Å². The molecule has 0 fully saturated rings. The van der Waals surface area contributed by atoms with Crippen LogP contribution >= 0.6 is 27.5 Å². The highest BCUT2D eigenvalue weighted by atomic mass is 79.9. The molecule has 2 rings (SSSR count). The largest absolute Gasteiger partial charge is 0.497 e. The Morgan fingerprint density at radius 3 is 2.79 bits per heavy atom. The van der Waals surface area contributed by atoms with Crippen molar-refractivity contribution in [2.75, 3.05) is 20.3 Å². The van der Waals surface area contributed by atoms with Gasteiger partial charge in [0.1, 0.15) is 18.1 Å². The number of carbonyl (C=O) groups excluding carboxylic acids is 1. The highest BCUT2D eigenvalue weighted by Gasteiger charge is 2.10. The fourth-order valence-electron chi connectivity index (χ4n) is 1.81. The first-order chi connectivity index (χ1) is 11.6. The molecule has 0 unspecified atom stereocenters. The first-order valence-corrected chi connectivity index (χ1v) is 8.23. The Bertz CT molecular complexity index is 783. The Kier molecular flexibility index (Phi) is 6.98. The lowest BCUT2D eigenvalue weighted by atomic mass is 10.2. The van der Waals surface area contributed by atoms with Crippen molar-refractivity contribution in [3.63, 3.8) is 0 Å². The van der Waals surface area contributed by atoms with E-state index in [0.29, 0.717) is 26.6 Å². The summed E-state index contributed by atoms with van der Waals surface area (Å²) in [6.45, 7) is 0.414. The zero-order valence-electron chi connectivity index (χ0n) is 12.9. The predicted octanol–water partition coefficient (Wildman–Crippen LogP) is 3.92. The normalized spacial score (nSPS) is 9.62. The molecule has 0 spiro atoms. The molecule has 0 radical (unpaired) electrons. The molecule has 0 aliphatic carbocycles. The number of methoxy groups -OCH3 is 1. The zero-order valence-corrected chi connectivity index (χ0v) is 15.3. The Labute approximate surface area is 154 Å². The first-order valence-electron chi connectivity index (χ1n) is 7.06. The van der Waals surface area contributed by atoms with Crippen LogP contribution in [0.25, 0.3) is 0 Å². The van der Waals surface area contributed by atoms with Gasteiger partial charge in [-0.3, -0.25) is 4.79 Å². The van der Waals surface area contributed by atoms with Gasteiger partial charge in [0.05, 0.1) is 24.2 Å². The van der Waals surface area contributed by atoms with E-state index in [1.54, 1.807) is 37.4 Å². The molecule has 1 amide bonds. The maximum Gasteiger partial charge on any atom is 0.253 e. The molecule has 0 heterocycles. The number of amides is 1. The summed E-state index contributed by atoms with van der Waals surface area (Å²) in [5.74, 6) is 6.61. The monoisotopic (exact) mass is 407 g/mol. The summed E-state index contributed by atoms with van der Waals surface area (Å²) in [5.41, 5.74) is 0.489. The minimum absolute atomic E-state index is 0.197. The summed E-state index contributed by atoms with van der Waals surface area (Å²) in [4.78, 5) is 12.1. The number of rotatable bonds is 5. The van der Waals surface area contributed by atoms with Gasteiger partial charge >= 0.3 is 0 Å². The Hall–Kier alpha value is -2.16. The highest BCUT2D eigenvalue weighted by molar-refractivity contribution is 9.10. The van der Waals surface area contributed by atoms with E-state index < -0.39 is 0 Å². The van der Waals surface area contributed by atoms with Crippen molar-refractivity contribution in [3.05, 3.63) is 57.5 Å². The Morgan fingerprint density at radius 2 is 2.04 bits per heavy atom. The third kappa shape index (κ3) is 5.19. The van der Waals surface area contributed by atoms with Gasteiger partial charge in [0.2, 0.25) is 0 Å².